The van der Waals surface area contributed by atoms with E-state index in [9.17, 15) is 9.90 Å². The Morgan fingerprint density at radius 2 is 2.00 bits per heavy atom. The number of carbonyl (C=O) groups excluding carboxylic acids is 1. The summed E-state index contributed by atoms with van der Waals surface area (Å²) >= 11 is 1.52. The molecule has 0 spiro atoms. The second-order valence-electron chi connectivity index (χ2n) is 8.62. The first-order valence-electron chi connectivity index (χ1n) is 9.49. The number of nitrogens with zero attached hydrogens (tertiary/aromatic N) is 2. The lowest BCUT2D eigenvalue weighted by atomic mass is 9.52. The highest BCUT2D eigenvalue weighted by Crippen LogP contribution is 2.55. The number of thioether (sulfide) groups is 1. The molecule has 25 heavy (non-hydrogen) atoms. The van der Waals surface area contributed by atoms with Crippen LogP contribution in [0.3, 0.4) is 0 Å². The first-order valence-corrected chi connectivity index (χ1v) is 10.7. The van der Waals surface area contributed by atoms with Crippen molar-refractivity contribution in [2.45, 2.75) is 67.7 Å². The fourth-order valence-corrected chi connectivity index (χ4v) is 6.11. The molecule has 134 valence electrons. The van der Waals surface area contributed by atoms with E-state index in [-0.39, 0.29) is 11.9 Å². The molecule has 1 heterocycles. The van der Waals surface area contributed by atoms with Gasteiger partial charge in [-0.1, -0.05) is 11.8 Å². The van der Waals surface area contributed by atoms with Gasteiger partial charge in [-0.25, -0.2) is 9.97 Å². The summed E-state index contributed by atoms with van der Waals surface area (Å²) in [6, 6.07) is 0.205. The average molecular weight is 359 g/mol. The van der Waals surface area contributed by atoms with E-state index >= 15 is 0 Å². The normalized spacial score (nSPS) is 38.8. The largest absolute Gasteiger partial charge is 0.390 e. The summed E-state index contributed by atoms with van der Waals surface area (Å²) in [4.78, 5) is 22.0. The molecule has 5 nitrogen and oxygen atoms in total. The van der Waals surface area contributed by atoms with Crippen molar-refractivity contribution in [2.24, 2.45) is 17.8 Å². The number of hydrogen-bond acceptors (Lipinski definition) is 5. The van der Waals surface area contributed by atoms with E-state index in [2.05, 4.69) is 15.3 Å². The molecule has 5 saturated carbocycles. The Hall–Kier alpha value is -1.14. The van der Waals surface area contributed by atoms with Crippen LogP contribution in [0.5, 0.6) is 0 Å². The van der Waals surface area contributed by atoms with Gasteiger partial charge in [-0.2, -0.15) is 0 Å². The van der Waals surface area contributed by atoms with Gasteiger partial charge in [-0.15, -0.1) is 0 Å². The zero-order chi connectivity index (χ0) is 17.2. The van der Waals surface area contributed by atoms with Crippen molar-refractivity contribution in [2.75, 3.05) is 6.26 Å². The number of aliphatic hydroxyl groups is 1. The molecule has 2 N–H and O–H groups in total. The van der Waals surface area contributed by atoms with Gasteiger partial charge in [0, 0.05) is 18.2 Å². The summed E-state index contributed by atoms with van der Waals surface area (Å²) in [5, 5.41) is 14.8. The van der Waals surface area contributed by atoms with Gasteiger partial charge in [0.1, 0.15) is 0 Å². The van der Waals surface area contributed by atoms with Crippen LogP contribution in [0.15, 0.2) is 11.4 Å². The minimum absolute atomic E-state index is 0.0148. The van der Waals surface area contributed by atoms with Crippen LogP contribution in [0, 0.1) is 17.8 Å². The van der Waals surface area contributed by atoms with Gasteiger partial charge >= 0.3 is 0 Å². The van der Waals surface area contributed by atoms with Gasteiger partial charge in [0.15, 0.2) is 5.16 Å². The lowest BCUT2D eigenvalue weighted by molar-refractivity contribution is -0.136. The lowest BCUT2D eigenvalue weighted by Crippen LogP contribution is -2.61. The third kappa shape index (κ3) is 2.78. The predicted molar refractivity (Wildman–Crippen MR) is 95.5 cm³/mol. The van der Waals surface area contributed by atoms with Crippen molar-refractivity contribution in [3.63, 3.8) is 0 Å². The van der Waals surface area contributed by atoms with Crippen molar-refractivity contribution in [3.05, 3.63) is 17.5 Å². The second-order valence-corrected chi connectivity index (χ2v) is 9.40. The predicted octanol–water partition coefficient (Wildman–Crippen LogP) is 2.75. The second kappa shape index (κ2) is 5.68. The zero-order valence-electron chi connectivity index (χ0n) is 14.6. The first-order chi connectivity index (χ1) is 12.0. The maximum absolute atomic E-state index is 13.0. The van der Waals surface area contributed by atoms with Crippen molar-refractivity contribution in [1.29, 1.82) is 0 Å². The number of nitrogens with one attached hydrogen (secondary N) is 1. The fourth-order valence-electron chi connectivity index (χ4n) is 5.77. The molecule has 0 aliphatic heterocycles. The number of carbonyl (C=O) groups is 1. The molecule has 5 aliphatic rings. The van der Waals surface area contributed by atoms with Crippen molar-refractivity contribution < 1.29 is 9.90 Å². The summed E-state index contributed by atoms with van der Waals surface area (Å²) < 4.78 is 0. The molecular weight excluding hydrogens is 334 g/mol. The highest BCUT2D eigenvalue weighted by atomic mass is 32.2. The smallest absolute Gasteiger partial charge is 0.254 e. The third-order valence-corrected chi connectivity index (χ3v) is 7.29. The molecule has 0 aromatic carbocycles. The SMILES string of the molecule is CSc1ncc(C(=O)NC2C3CC4CC2CC(O)(C4)C3)c(C2CC2)n1. The molecule has 2 atom stereocenters. The topological polar surface area (TPSA) is 75.1 Å². The Balaban J connectivity index is 1.38. The Labute approximate surface area is 152 Å². The van der Waals surface area contributed by atoms with E-state index in [1.165, 1.54) is 11.8 Å². The molecule has 5 aliphatic carbocycles. The van der Waals surface area contributed by atoms with Crippen LogP contribution in [0.4, 0.5) is 0 Å². The molecule has 6 heteroatoms. The summed E-state index contributed by atoms with van der Waals surface area (Å²) in [6.07, 6.45) is 10.9. The Kier molecular flexibility index (Phi) is 3.65. The minimum atomic E-state index is -0.458. The molecule has 0 saturated heterocycles. The number of rotatable bonds is 4. The monoisotopic (exact) mass is 359 g/mol. The van der Waals surface area contributed by atoms with Gasteiger partial charge in [-0.05, 0) is 69.0 Å². The molecule has 4 bridgehead atoms. The van der Waals surface area contributed by atoms with Crippen LogP contribution in [0.25, 0.3) is 0 Å². The molecule has 1 aromatic rings. The summed E-state index contributed by atoms with van der Waals surface area (Å²) in [5.41, 5.74) is 1.13. The van der Waals surface area contributed by atoms with Gasteiger partial charge in [0.2, 0.25) is 0 Å². The Morgan fingerprint density at radius 1 is 1.28 bits per heavy atom. The molecule has 1 aromatic heterocycles. The first kappa shape index (κ1) is 16.1. The van der Waals surface area contributed by atoms with E-state index in [4.69, 9.17) is 0 Å². The number of amides is 1. The third-order valence-electron chi connectivity index (χ3n) is 6.73. The molecule has 0 radical (unpaired) electrons. The number of hydrogen-bond donors (Lipinski definition) is 2. The van der Waals surface area contributed by atoms with Gasteiger partial charge < -0.3 is 10.4 Å². The van der Waals surface area contributed by atoms with E-state index in [1.807, 2.05) is 6.26 Å². The van der Waals surface area contributed by atoms with Crippen molar-refractivity contribution in [1.82, 2.24) is 15.3 Å². The average Bonchev–Trinajstić information content (AvgIpc) is 3.41. The highest BCUT2D eigenvalue weighted by Gasteiger charge is 2.55. The minimum Gasteiger partial charge on any atom is -0.390 e. The van der Waals surface area contributed by atoms with E-state index in [1.54, 1.807) is 6.20 Å². The maximum Gasteiger partial charge on any atom is 0.254 e. The van der Waals surface area contributed by atoms with Crippen LogP contribution in [-0.4, -0.2) is 38.9 Å². The summed E-state index contributed by atoms with van der Waals surface area (Å²) in [5.74, 6) is 1.92. The van der Waals surface area contributed by atoms with Crippen LogP contribution < -0.4 is 5.32 Å². The fraction of sp³-hybridized carbons (Fsp3) is 0.737. The zero-order valence-corrected chi connectivity index (χ0v) is 15.4. The summed E-state index contributed by atoms with van der Waals surface area (Å²) in [6.45, 7) is 0. The van der Waals surface area contributed by atoms with Crippen LogP contribution >= 0.6 is 11.8 Å². The number of aromatic nitrogens is 2. The van der Waals surface area contributed by atoms with E-state index in [0.717, 1.165) is 55.8 Å². The van der Waals surface area contributed by atoms with Crippen molar-refractivity contribution in [3.8, 4) is 0 Å². The molecule has 2 unspecified atom stereocenters. The summed E-state index contributed by atoms with van der Waals surface area (Å²) in [7, 11) is 0. The Morgan fingerprint density at radius 3 is 2.60 bits per heavy atom. The quantitative estimate of drug-likeness (QED) is 0.639. The molecule has 6 rings (SSSR count). The van der Waals surface area contributed by atoms with Gasteiger partial charge in [0.25, 0.3) is 5.91 Å². The van der Waals surface area contributed by atoms with E-state index in [0.29, 0.717) is 29.2 Å². The van der Waals surface area contributed by atoms with Crippen LogP contribution in [0.1, 0.15) is 66.9 Å². The maximum atomic E-state index is 13.0. The highest BCUT2D eigenvalue weighted by molar-refractivity contribution is 7.98. The van der Waals surface area contributed by atoms with Crippen LogP contribution in [0.2, 0.25) is 0 Å². The van der Waals surface area contributed by atoms with Crippen molar-refractivity contribution >= 4 is 17.7 Å². The van der Waals surface area contributed by atoms with E-state index < -0.39 is 5.60 Å². The molecular formula is C19H25N3O2S. The standard InChI is InChI=1S/C19H25N3O2S/c1-25-18-20-9-14(16(22-18)11-2-3-11)17(23)21-15-12-4-10-5-13(15)8-19(24,6-10)7-12/h9-13,15,24H,2-8H2,1H3,(H,21,23). The lowest BCUT2D eigenvalue weighted by Gasteiger charge is -2.58. The van der Waals surface area contributed by atoms with Gasteiger partial charge in [-0.3, -0.25) is 4.79 Å². The van der Waals surface area contributed by atoms with Crippen LogP contribution in [-0.2, 0) is 0 Å². The van der Waals surface area contributed by atoms with Gasteiger partial charge in [0.05, 0.1) is 16.9 Å². The Bertz CT molecular complexity index is 705. The molecule has 1 amide bonds. The molecule has 5 fully saturated rings.